The average Bonchev–Trinajstić information content (AvgIpc) is 3.56. The molecule has 0 aliphatic carbocycles. The number of aliphatic hydroxyl groups excluding tert-OH is 2. The van der Waals surface area contributed by atoms with E-state index in [-0.39, 0.29) is 36.4 Å². The molecule has 1 unspecified atom stereocenters. The lowest BCUT2D eigenvalue weighted by molar-refractivity contribution is -0.147. The summed E-state index contributed by atoms with van der Waals surface area (Å²) in [6.07, 6.45) is -1.52. The molecule has 1 aliphatic rings. The monoisotopic (exact) mass is 644 g/mol. The van der Waals surface area contributed by atoms with Gasteiger partial charge >= 0.3 is 13.7 Å². The van der Waals surface area contributed by atoms with Gasteiger partial charge in [0.15, 0.2) is 5.82 Å². The minimum absolute atomic E-state index is 0.00979. The van der Waals surface area contributed by atoms with E-state index < -0.39 is 50.3 Å². The van der Waals surface area contributed by atoms with Gasteiger partial charge in [0, 0.05) is 0 Å². The number of ether oxygens (including phenoxy) is 2. The minimum atomic E-state index is -4.47. The van der Waals surface area contributed by atoms with Crippen molar-refractivity contribution in [3.8, 4) is 11.8 Å². The molecule has 0 bridgehead atoms. The van der Waals surface area contributed by atoms with Gasteiger partial charge in [0.25, 0.3) is 0 Å². The third-order valence-electron chi connectivity index (χ3n) is 7.78. The van der Waals surface area contributed by atoms with Crippen molar-refractivity contribution >= 4 is 25.1 Å². The van der Waals surface area contributed by atoms with Crippen LogP contribution >= 0.6 is 7.75 Å². The fourth-order valence-corrected chi connectivity index (χ4v) is 6.59. The number of nitrogens with zero attached hydrogens (tertiary/aromatic N) is 4. The molecule has 3 heterocycles. The molecule has 1 saturated heterocycles. The number of carbonyl (C=O) groups is 1. The predicted molar refractivity (Wildman–Crippen MR) is 164 cm³/mol. The summed E-state index contributed by atoms with van der Waals surface area (Å²) in [5.74, 6) is -0.118. The van der Waals surface area contributed by atoms with Gasteiger partial charge in [-0.2, -0.15) is 15.4 Å². The number of aromatic nitrogens is 3. The summed E-state index contributed by atoms with van der Waals surface area (Å²) in [7, 11) is -4.47. The summed E-state index contributed by atoms with van der Waals surface area (Å²) in [5.41, 5.74) is 4.46. The van der Waals surface area contributed by atoms with Gasteiger partial charge in [-0.1, -0.05) is 58.7 Å². The van der Waals surface area contributed by atoms with E-state index in [1.54, 1.807) is 42.5 Å². The van der Waals surface area contributed by atoms with Crippen LogP contribution in [0.5, 0.6) is 5.75 Å². The highest BCUT2D eigenvalue weighted by atomic mass is 31.2. The second-order valence-electron chi connectivity index (χ2n) is 11.5. The van der Waals surface area contributed by atoms with Gasteiger partial charge in [-0.25, -0.2) is 14.1 Å². The van der Waals surface area contributed by atoms with Crippen LogP contribution in [-0.2, 0) is 23.4 Å². The number of aliphatic hydroxyl groups is 2. The van der Waals surface area contributed by atoms with Gasteiger partial charge in [-0.3, -0.25) is 9.32 Å². The van der Waals surface area contributed by atoms with E-state index in [9.17, 15) is 24.8 Å². The Balaban J connectivity index is 1.60. The molecule has 45 heavy (non-hydrogen) atoms. The molecule has 5 N–H and O–H groups in total. The first-order valence-electron chi connectivity index (χ1n) is 14.9. The maximum absolute atomic E-state index is 14.3. The smallest absolute Gasteiger partial charge is 0.459 e. The molecule has 0 amide bonds. The molecule has 1 aromatic carbocycles. The van der Waals surface area contributed by atoms with Crippen LogP contribution < -0.4 is 15.3 Å². The summed E-state index contributed by atoms with van der Waals surface area (Å²) in [6, 6.07) is 12.1. The Labute approximate surface area is 262 Å². The number of para-hydroxylation sites is 1. The molecular formula is C30H41N6O8P. The fourth-order valence-electron chi connectivity index (χ4n) is 5.06. The van der Waals surface area contributed by atoms with Crippen molar-refractivity contribution < 1.29 is 38.1 Å². The maximum Gasteiger partial charge on any atom is 0.459 e. The molecule has 3 aromatic rings. The fraction of sp³-hybridized carbons (Fsp3) is 0.533. The minimum Gasteiger partial charge on any atom is -0.464 e. The first-order valence-corrected chi connectivity index (χ1v) is 16.5. The number of nitrogens with one attached hydrogen (secondary N) is 1. The number of hydrogen-bond acceptors (Lipinski definition) is 12. The van der Waals surface area contributed by atoms with E-state index >= 15 is 0 Å². The Morgan fingerprint density at radius 2 is 1.93 bits per heavy atom. The summed E-state index contributed by atoms with van der Waals surface area (Å²) in [4.78, 5) is 17.2. The van der Waals surface area contributed by atoms with Gasteiger partial charge in [-0.15, -0.1) is 0 Å². The van der Waals surface area contributed by atoms with Gasteiger partial charge < -0.3 is 29.9 Å². The van der Waals surface area contributed by atoms with E-state index in [4.69, 9.17) is 24.3 Å². The predicted octanol–water partition coefficient (Wildman–Crippen LogP) is 3.55. The quantitative estimate of drug-likeness (QED) is 0.138. The molecule has 0 spiro atoms. The Kier molecular flexibility index (Phi) is 11.2. The molecule has 2 aromatic heterocycles. The molecule has 0 saturated carbocycles. The van der Waals surface area contributed by atoms with Crippen LogP contribution in [0.2, 0.25) is 0 Å². The summed E-state index contributed by atoms with van der Waals surface area (Å²) >= 11 is 0. The average molecular weight is 645 g/mol. The first kappa shape index (κ1) is 34.3. The Morgan fingerprint density at radius 3 is 2.58 bits per heavy atom. The number of nitrogen functional groups attached to an aromatic ring is 1. The molecule has 1 aliphatic heterocycles. The van der Waals surface area contributed by atoms with Crippen LogP contribution in [0.1, 0.15) is 58.8 Å². The Bertz CT molecular complexity index is 1530. The van der Waals surface area contributed by atoms with Crippen molar-refractivity contribution in [1.29, 1.82) is 5.26 Å². The summed E-state index contributed by atoms with van der Waals surface area (Å²) in [6.45, 7) is 7.21. The van der Waals surface area contributed by atoms with Gasteiger partial charge in [0.1, 0.15) is 54.6 Å². The zero-order chi connectivity index (χ0) is 32.8. The number of nitrogens with two attached hydrogens (primary N) is 1. The molecule has 15 heteroatoms. The van der Waals surface area contributed by atoms with Crippen LogP contribution in [-0.4, -0.2) is 67.8 Å². The van der Waals surface area contributed by atoms with Crippen molar-refractivity contribution in [1.82, 2.24) is 19.7 Å². The lowest BCUT2D eigenvalue weighted by Crippen LogP contribution is -2.46. The third kappa shape index (κ3) is 7.81. The number of nitriles is 1. The number of carbonyl (C=O) groups excluding carboxylic acids is 1. The highest BCUT2D eigenvalue weighted by molar-refractivity contribution is 7.52. The zero-order valence-electron chi connectivity index (χ0n) is 25.8. The van der Waals surface area contributed by atoms with E-state index in [1.165, 1.54) is 10.8 Å². The van der Waals surface area contributed by atoms with Crippen LogP contribution in [0.15, 0.2) is 48.8 Å². The van der Waals surface area contributed by atoms with E-state index in [0.717, 1.165) is 12.8 Å². The highest BCUT2D eigenvalue weighted by Gasteiger charge is 2.57. The SMILES string of the molecule is CCC(CC)COC(=O)[C@H](CC(C)C)NP(=O)(OC[C@@]1(C#N)O[C@@H](c2ccc3c(N)ncnn23)[C@H](O)[C@@H]1O)Oc1ccccc1. The largest absolute Gasteiger partial charge is 0.464 e. The van der Waals surface area contributed by atoms with E-state index in [2.05, 4.69) is 15.2 Å². The molecule has 0 radical (unpaired) electrons. The topological polar surface area (TPSA) is 204 Å². The third-order valence-corrected chi connectivity index (χ3v) is 9.33. The molecular weight excluding hydrogens is 603 g/mol. The highest BCUT2D eigenvalue weighted by Crippen LogP contribution is 2.49. The standard InChI is InChI=1S/C30H41N6O8P/c1-5-20(6-2)15-41-29(39)22(14-19(3)4)35-45(40,44-21-10-8-7-9-11-21)42-17-30(16-31)27(38)25(37)26(43-30)23-12-13-24-28(32)33-18-34-36(23)24/h7-13,18-20,22,25-27,37-38H,5-6,14-15,17H2,1-4H3,(H,35,40)(H2,32,33,34)/t22-,25-,26-,27-,30+,45?/m0/s1. The summed E-state index contributed by atoms with van der Waals surface area (Å²) < 4.78 is 38.8. The van der Waals surface area contributed by atoms with Crippen molar-refractivity contribution in [2.75, 3.05) is 18.9 Å². The maximum atomic E-state index is 14.3. The number of fused-ring (bicyclic) bond motifs is 1. The summed E-state index contributed by atoms with van der Waals surface area (Å²) in [5, 5.41) is 39.2. The normalized spacial score (nSPS) is 23.6. The Morgan fingerprint density at radius 1 is 1.22 bits per heavy atom. The van der Waals surface area contributed by atoms with Crippen molar-refractivity contribution in [2.24, 2.45) is 11.8 Å². The van der Waals surface area contributed by atoms with Crippen molar-refractivity contribution in [3.63, 3.8) is 0 Å². The van der Waals surface area contributed by atoms with E-state index in [0.29, 0.717) is 11.2 Å². The number of benzene rings is 1. The Hall–Kier alpha value is -3.57. The van der Waals surface area contributed by atoms with Gasteiger partial charge in [-0.05, 0) is 42.5 Å². The van der Waals surface area contributed by atoms with Crippen LogP contribution in [0.4, 0.5) is 5.82 Å². The lowest BCUT2D eigenvalue weighted by Gasteiger charge is -2.29. The number of esters is 1. The second-order valence-corrected chi connectivity index (χ2v) is 13.2. The molecule has 4 rings (SSSR count). The van der Waals surface area contributed by atoms with E-state index in [1.807, 2.05) is 33.8 Å². The van der Waals surface area contributed by atoms with Crippen LogP contribution in [0.3, 0.4) is 0 Å². The molecule has 14 nitrogen and oxygen atoms in total. The van der Waals surface area contributed by atoms with Crippen LogP contribution in [0.25, 0.3) is 5.52 Å². The van der Waals surface area contributed by atoms with Crippen LogP contribution in [0, 0.1) is 23.2 Å². The number of anilines is 1. The zero-order valence-corrected chi connectivity index (χ0v) is 26.7. The molecule has 244 valence electrons. The lowest BCUT2D eigenvalue weighted by atomic mass is 9.96. The number of hydrogen-bond donors (Lipinski definition) is 4. The molecule has 6 atom stereocenters. The second kappa shape index (κ2) is 14.7. The van der Waals surface area contributed by atoms with Gasteiger partial charge in [0.2, 0.25) is 5.60 Å². The number of rotatable bonds is 15. The van der Waals surface area contributed by atoms with Gasteiger partial charge in [0.05, 0.1) is 12.3 Å². The molecule has 1 fully saturated rings. The van der Waals surface area contributed by atoms with Crippen molar-refractivity contribution in [3.05, 3.63) is 54.5 Å². The first-order chi connectivity index (χ1) is 21.5. The van der Waals surface area contributed by atoms with Crippen molar-refractivity contribution in [2.45, 2.75) is 76.9 Å².